The zero-order valence-electron chi connectivity index (χ0n) is 8.47. The van der Waals surface area contributed by atoms with Gasteiger partial charge in [-0.2, -0.15) is 0 Å². The zero-order chi connectivity index (χ0) is 10.8. The lowest BCUT2D eigenvalue weighted by Gasteiger charge is -2.21. The number of hydrogen-bond donors (Lipinski definition) is 3. The predicted molar refractivity (Wildman–Crippen MR) is 59.1 cm³/mol. The first-order chi connectivity index (χ1) is 7.15. The molecule has 5 heteroatoms. The van der Waals surface area contributed by atoms with E-state index < -0.39 is 0 Å². The van der Waals surface area contributed by atoms with Crippen molar-refractivity contribution < 1.29 is 4.84 Å². The van der Waals surface area contributed by atoms with E-state index in [4.69, 9.17) is 16.3 Å². The summed E-state index contributed by atoms with van der Waals surface area (Å²) in [6, 6.07) is 7.34. The van der Waals surface area contributed by atoms with Gasteiger partial charge in [-0.3, -0.25) is 5.43 Å². The van der Waals surface area contributed by atoms with Crippen LogP contribution in [0, 0.1) is 0 Å². The molecule has 1 unspecified atom stereocenters. The lowest BCUT2D eigenvalue weighted by molar-refractivity contribution is -0.0923. The SMILES string of the molecule is CC1=CC(N)N(Nc2ccc(N)cc2)O1. The summed E-state index contributed by atoms with van der Waals surface area (Å²) in [5.74, 6) is 0.783. The van der Waals surface area contributed by atoms with Crippen LogP contribution in [0.5, 0.6) is 0 Å². The van der Waals surface area contributed by atoms with Gasteiger partial charge in [-0.1, -0.05) is 0 Å². The maximum absolute atomic E-state index is 5.78. The Morgan fingerprint density at radius 3 is 2.53 bits per heavy atom. The Kier molecular flexibility index (Phi) is 2.49. The van der Waals surface area contributed by atoms with Crippen LogP contribution in [0.15, 0.2) is 36.1 Å². The number of nitrogens with zero attached hydrogens (tertiary/aromatic N) is 1. The van der Waals surface area contributed by atoms with Gasteiger partial charge < -0.3 is 16.3 Å². The Hall–Kier alpha value is -1.72. The molecule has 5 N–H and O–H groups in total. The van der Waals surface area contributed by atoms with E-state index in [1.165, 1.54) is 5.17 Å². The molecule has 0 saturated heterocycles. The van der Waals surface area contributed by atoms with Crippen LogP contribution in [0.1, 0.15) is 6.92 Å². The molecule has 0 bridgehead atoms. The fourth-order valence-corrected chi connectivity index (χ4v) is 1.34. The van der Waals surface area contributed by atoms with Crippen molar-refractivity contribution in [1.29, 1.82) is 0 Å². The number of benzene rings is 1. The normalized spacial score (nSPS) is 20.9. The highest BCUT2D eigenvalue weighted by molar-refractivity contribution is 5.50. The molecule has 0 aromatic heterocycles. The molecule has 1 aromatic rings. The Labute approximate surface area is 88.2 Å². The molecule has 0 aliphatic carbocycles. The monoisotopic (exact) mass is 206 g/mol. The molecule has 80 valence electrons. The summed E-state index contributed by atoms with van der Waals surface area (Å²) in [4.78, 5) is 5.33. The maximum Gasteiger partial charge on any atom is 0.137 e. The van der Waals surface area contributed by atoms with Crippen LogP contribution in [0.2, 0.25) is 0 Å². The number of nitrogens with one attached hydrogen (secondary N) is 1. The van der Waals surface area contributed by atoms with Crippen molar-refractivity contribution in [3.8, 4) is 0 Å². The summed E-state index contributed by atoms with van der Waals surface area (Å²) in [6.45, 7) is 1.85. The number of allylic oxidation sites excluding steroid dienone is 1. The van der Waals surface area contributed by atoms with Crippen LogP contribution in [0.4, 0.5) is 11.4 Å². The molecule has 0 radical (unpaired) electrons. The molecule has 0 fully saturated rings. The third-order valence-electron chi connectivity index (χ3n) is 2.07. The summed E-state index contributed by atoms with van der Waals surface area (Å²) in [6.07, 6.45) is 1.55. The van der Waals surface area contributed by atoms with Crippen molar-refractivity contribution in [2.24, 2.45) is 5.73 Å². The van der Waals surface area contributed by atoms with E-state index in [-0.39, 0.29) is 6.17 Å². The van der Waals surface area contributed by atoms with Gasteiger partial charge >= 0.3 is 0 Å². The molecule has 15 heavy (non-hydrogen) atoms. The molecule has 0 spiro atoms. The molecular weight excluding hydrogens is 192 g/mol. The summed E-state index contributed by atoms with van der Waals surface area (Å²) in [5, 5.41) is 1.49. The van der Waals surface area contributed by atoms with Crippen LogP contribution < -0.4 is 16.9 Å². The Morgan fingerprint density at radius 1 is 1.33 bits per heavy atom. The Balaban J connectivity index is 2.01. The fraction of sp³-hybridized carbons (Fsp3) is 0.200. The highest BCUT2D eigenvalue weighted by Gasteiger charge is 2.21. The van der Waals surface area contributed by atoms with Gasteiger partial charge in [0.2, 0.25) is 0 Å². The average Bonchev–Trinajstić information content (AvgIpc) is 2.49. The minimum absolute atomic E-state index is 0.275. The van der Waals surface area contributed by atoms with Crippen LogP contribution >= 0.6 is 0 Å². The second-order valence-corrected chi connectivity index (χ2v) is 3.42. The summed E-state index contributed by atoms with van der Waals surface area (Å²) in [7, 11) is 0. The van der Waals surface area contributed by atoms with E-state index in [9.17, 15) is 0 Å². The largest absolute Gasteiger partial charge is 0.399 e. The maximum atomic E-state index is 5.78. The molecule has 2 rings (SSSR count). The van der Waals surface area contributed by atoms with Gasteiger partial charge in [0.15, 0.2) is 0 Å². The van der Waals surface area contributed by atoms with Crippen molar-refractivity contribution in [3.05, 3.63) is 36.1 Å². The number of anilines is 2. The molecule has 1 atom stereocenters. The van der Waals surface area contributed by atoms with Crippen molar-refractivity contribution in [2.75, 3.05) is 11.2 Å². The fourth-order valence-electron chi connectivity index (χ4n) is 1.34. The van der Waals surface area contributed by atoms with Crippen LogP contribution in [-0.2, 0) is 4.84 Å². The number of rotatable bonds is 2. The van der Waals surface area contributed by atoms with Gasteiger partial charge in [0.25, 0.3) is 0 Å². The summed E-state index contributed by atoms with van der Waals surface area (Å²) >= 11 is 0. The molecule has 1 aliphatic heterocycles. The molecule has 5 nitrogen and oxygen atoms in total. The first-order valence-electron chi connectivity index (χ1n) is 4.68. The molecular formula is C10H14N4O. The third kappa shape index (κ3) is 2.20. The Morgan fingerprint density at radius 2 is 2.00 bits per heavy atom. The quantitative estimate of drug-likeness (QED) is 0.630. The van der Waals surface area contributed by atoms with Gasteiger partial charge in [0.1, 0.15) is 11.9 Å². The van der Waals surface area contributed by atoms with Gasteiger partial charge in [-0.25, -0.2) is 0 Å². The number of hydrogen-bond acceptors (Lipinski definition) is 5. The van der Waals surface area contributed by atoms with Gasteiger partial charge in [-0.15, -0.1) is 0 Å². The van der Waals surface area contributed by atoms with Crippen molar-refractivity contribution in [2.45, 2.75) is 13.1 Å². The molecule has 1 heterocycles. The van der Waals surface area contributed by atoms with Crippen LogP contribution in [0.25, 0.3) is 0 Å². The van der Waals surface area contributed by atoms with E-state index in [2.05, 4.69) is 5.43 Å². The molecule has 0 amide bonds. The van der Waals surface area contributed by atoms with Crippen molar-refractivity contribution in [1.82, 2.24) is 5.17 Å². The minimum Gasteiger partial charge on any atom is -0.399 e. The molecule has 1 aliphatic rings. The van der Waals surface area contributed by atoms with Gasteiger partial charge in [-0.05, 0) is 42.4 Å². The Bertz CT molecular complexity index is 374. The first-order valence-corrected chi connectivity index (χ1v) is 4.68. The topological polar surface area (TPSA) is 76.5 Å². The lowest BCUT2D eigenvalue weighted by atomic mass is 10.3. The zero-order valence-corrected chi connectivity index (χ0v) is 8.47. The van der Waals surface area contributed by atoms with E-state index in [0.29, 0.717) is 0 Å². The highest BCUT2D eigenvalue weighted by atomic mass is 16.7. The third-order valence-corrected chi connectivity index (χ3v) is 2.07. The lowest BCUT2D eigenvalue weighted by Crippen LogP contribution is -2.40. The van der Waals surface area contributed by atoms with Crippen molar-refractivity contribution >= 4 is 11.4 Å². The number of nitrogens with two attached hydrogens (primary N) is 2. The van der Waals surface area contributed by atoms with Gasteiger partial charge in [0.05, 0.1) is 5.69 Å². The van der Waals surface area contributed by atoms with Crippen molar-refractivity contribution in [3.63, 3.8) is 0 Å². The van der Waals surface area contributed by atoms with E-state index >= 15 is 0 Å². The van der Waals surface area contributed by atoms with Crippen LogP contribution in [-0.4, -0.2) is 11.3 Å². The minimum atomic E-state index is -0.275. The number of hydrazine groups is 1. The van der Waals surface area contributed by atoms with E-state index in [1.807, 2.05) is 37.3 Å². The van der Waals surface area contributed by atoms with E-state index in [0.717, 1.165) is 17.1 Å². The standard InChI is InChI=1S/C10H14N4O/c1-7-6-10(12)14(15-7)13-9-4-2-8(11)3-5-9/h2-6,10,13H,11-12H2,1H3. The molecule has 0 saturated carbocycles. The molecule has 1 aromatic carbocycles. The summed E-state index contributed by atoms with van der Waals surface area (Å²) in [5.41, 5.74) is 16.0. The highest BCUT2D eigenvalue weighted by Crippen LogP contribution is 2.17. The van der Waals surface area contributed by atoms with E-state index in [1.54, 1.807) is 0 Å². The number of hydroxylamine groups is 1. The first kappa shape index (κ1) is 9.82. The second-order valence-electron chi connectivity index (χ2n) is 3.42. The smallest absolute Gasteiger partial charge is 0.137 e. The van der Waals surface area contributed by atoms with Crippen LogP contribution in [0.3, 0.4) is 0 Å². The average molecular weight is 206 g/mol. The predicted octanol–water partition coefficient (Wildman–Crippen LogP) is 1.03. The number of nitrogen functional groups attached to an aromatic ring is 1. The summed E-state index contributed by atoms with van der Waals surface area (Å²) < 4.78 is 0. The van der Waals surface area contributed by atoms with Gasteiger partial charge in [0, 0.05) is 5.69 Å². The second kappa shape index (κ2) is 3.80.